The zero-order valence-corrected chi connectivity index (χ0v) is 26.6. The van der Waals surface area contributed by atoms with Crippen LogP contribution in [0.15, 0.2) is 30.3 Å². The molecule has 0 bridgehead atoms. The van der Waals surface area contributed by atoms with Crippen LogP contribution >= 0.6 is 0 Å². The van der Waals surface area contributed by atoms with Crippen molar-refractivity contribution >= 4 is 29.5 Å². The standard InChI is InChI=1S/C30H36N4O6.C2HF3O2/c1-6-39-26-12-20-15-34(28(32)23(20)14-24(26)29(38)33-5)16-25(35)19-9-18(10-21(11-19)30(2,3)4)17-40-22(7-8-31)13-27(36)37;3-2(4,5)1(6)7/h9-12,14,22,32H,6-7,13,15-17H2,1-5H3,(H,33,38)(H,36,37);(H,6,7). The fraction of sp³-hybridized carbons (Fsp3) is 0.438. The van der Waals surface area contributed by atoms with E-state index in [-0.39, 0.29) is 48.9 Å². The van der Waals surface area contributed by atoms with Gasteiger partial charge in [0.05, 0.1) is 50.3 Å². The lowest BCUT2D eigenvalue weighted by molar-refractivity contribution is -0.192. The first-order chi connectivity index (χ1) is 21.8. The highest BCUT2D eigenvalue weighted by atomic mass is 19.4. The van der Waals surface area contributed by atoms with Gasteiger partial charge in [0.25, 0.3) is 5.91 Å². The van der Waals surface area contributed by atoms with E-state index in [0.29, 0.717) is 41.2 Å². The van der Waals surface area contributed by atoms with Gasteiger partial charge >= 0.3 is 18.1 Å². The minimum Gasteiger partial charge on any atom is -0.493 e. The largest absolute Gasteiger partial charge is 0.493 e. The third kappa shape index (κ3) is 10.8. The summed E-state index contributed by atoms with van der Waals surface area (Å²) >= 11 is 0. The number of nitriles is 1. The van der Waals surface area contributed by atoms with Crippen LogP contribution in [0.4, 0.5) is 13.2 Å². The summed E-state index contributed by atoms with van der Waals surface area (Å²) in [4.78, 5) is 47.6. The molecule has 0 saturated carbocycles. The van der Waals surface area contributed by atoms with Crippen LogP contribution in [0.3, 0.4) is 0 Å². The Morgan fingerprint density at radius 2 is 1.74 bits per heavy atom. The number of alkyl halides is 3. The molecule has 1 aliphatic heterocycles. The van der Waals surface area contributed by atoms with Crippen molar-refractivity contribution in [1.29, 1.82) is 10.7 Å². The van der Waals surface area contributed by atoms with Gasteiger partial charge in [-0.3, -0.25) is 19.8 Å². The number of nitrogens with zero attached hydrogens (tertiary/aromatic N) is 2. The van der Waals surface area contributed by atoms with Crippen molar-refractivity contribution in [2.24, 2.45) is 0 Å². The molecule has 1 heterocycles. The Hall–Kier alpha value is -4.97. The summed E-state index contributed by atoms with van der Waals surface area (Å²) in [5.74, 6) is -3.73. The zero-order valence-electron chi connectivity index (χ0n) is 26.6. The van der Waals surface area contributed by atoms with Crippen LogP contribution in [0.25, 0.3) is 0 Å². The molecular formula is C32H37F3N4O8. The molecule has 0 radical (unpaired) electrons. The Labute approximate surface area is 269 Å². The Bertz CT molecular complexity index is 1560. The van der Waals surface area contributed by atoms with Gasteiger partial charge in [0, 0.05) is 24.7 Å². The monoisotopic (exact) mass is 662 g/mol. The second-order valence-corrected chi connectivity index (χ2v) is 11.5. The van der Waals surface area contributed by atoms with Crippen molar-refractivity contribution in [2.75, 3.05) is 20.2 Å². The molecule has 3 rings (SSSR count). The highest BCUT2D eigenvalue weighted by Crippen LogP contribution is 2.31. The molecular weight excluding hydrogens is 625 g/mol. The maximum Gasteiger partial charge on any atom is 0.490 e. The fourth-order valence-corrected chi connectivity index (χ4v) is 4.48. The summed E-state index contributed by atoms with van der Waals surface area (Å²) < 4.78 is 43.1. The molecule has 15 heteroatoms. The number of carboxylic acids is 2. The number of amides is 1. The summed E-state index contributed by atoms with van der Waals surface area (Å²) in [5, 5.41) is 36.6. The third-order valence-electron chi connectivity index (χ3n) is 6.87. The lowest BCUT2D eigenvalue weighted by Gasteiger charge is -2.23. The number of hydrogen-bond donors (Lipinski definition) is 4. The van der Waals surface area contributed by atoms with E-state index in [2.05, 4.69) is 5.32 Å². The number of ether oxygens (including phenoxy) is 2. The number of benzene rings is 2. The summed E-state index contributed by atoms with van der Waals surface area (Å²) in [6.07, 6.45) is -6.19. The minimum atomic E-state index is -5.08. The molecule has 4 N–H and O–H groups in total. The molecule has 1 aliphatic rings. The SMILES string of the molecule is CCOc1cc2c(cc1C(=O)NC)C(=N)N(CC(=O)c1cc(COC(CC#N)CC(=O)O)cc(C(C)(C)C)c1)C2.O=C(O)C(F)(F)F. The Morgan fingerprint density at radius 3 is 2.26 bits per heavy atom. The summed E-state index contributed by atoms with van der Waals surface area (Å²) in [5.41, 5.74) is 3.49. The van der Waals surface area contributed by atoms with Crippen molar-refractivity contribution in [3.63, 3.8) is 0 Å². The van der Waals surface area contributed by atoms with Crippen LogP contribution in [-0.4, -0.2) is 77.1 Å². The number of aliphatic carboxylic acids is 2. The lowest BCUT2D eigenvalue weighted by atomic mass is 9.84. The zero-order chi connectivity index (χ0) is 35.7. The molecule has 0 fully saturated rings. The second kappa shape index (κ2) is 16.0. The van der Waals surface area contributed by atoms with Gasteiger partial charge < -0.3 is 29.9 Å². The van der Waals surface area contributed by atoms with Gasteiger partial charge in [-0.2, -0.15) is 18.4 Å². The van der Waals surface area contributed by atoms with Gasteiger partial charge in [-0.05, 0) is 53.3 Å². The number of hydrogen-bond acceptors (Lipinski definition) is 8. The Morgan fingerprint density at radius 1 is 1.11 bits per heavy atom. The van der Waals surface area contributed by atoms with E-state index in [1.807, 2.05) is 45.9 Å². The van der Waals surface area contributed by atoms with Crippen LogP contribution in [0, 0.1) is 16.7 Å². The van der Waals surface area contributed by atoms with Crippen LogP contribution in [0.5, 0.6) is 5.75 Å². The molecule has 12 nitrogen and oxygen atoms in total. The smallest absolute Gasteiger partial charge is 0.490 e. The van der Waals surface area contributed by atoms with Gasteiger partial charge in [-0.25, -0.2) is 4.79 Å². The second-order valence-electron chi connectivity index (χ2n) is 11.5. The first-order valence-electron chi connectivity index (χ1n) is 14.4. The average molecular weight is 663 g/mol. The molecule has 47 heavy (non-hydrogen) atoms. The number of fused-ring (bicyclic) bond motifs is 1. The highest BCUT2D eigenvalue weighted by Gasteiger charge is 2.38. The van der Waals surface area contributed by atoms with Crippen LogP contribution < -0.4 is 10.1 Å². The molecule has 1 unspecified atom stereocenters. The molecule has 0 spiro atoms. The minimum absolute atomic E-state index is 0.0449. The average Bonchev–Trinajstić information content (AvgIpc) is 3.27. The van der Waals surface area contributed by atoms with Gasteiger partial charge in [0.2, 0.25) is 0 Å². The molecule has 2 aromatic rings. The highest BCUT2D eigenvalue weighted by molar-refractivity contribution is 6.07. The third-order valence-corrected chi connectivity index (χ3v) is 6.87. The first-order valence-corrected chi connectivity index (χ1v) is 14.4. The molecule has 0 saturated heterocycles. The van der Waals surface area contributed by atoms with E-state index in [1.165, 1.54) is 7.05 Å². The number of rotatable bonds is 12. The van der Waals surface area contributed by atoms with Crippen LogP contribution in [0.2, 0.25) is 0 Å². The van der Waals surface area contributed by atoms with Crippen molar-refractivity contribution < 1.29 is 52.0 Å². The maximum absolute atomic E-state index is 13.5. The van der Waals surface area contributed by atoms with Crippen molar-refractivity contribution in [3.8, 4) is 11.8 Å². The van der Waals surface area contributed by atoms with Crippen LogP contribution in [-0.2, 0) is 32.9 Å². The molecule has 0 aliphatic carbocycles. The van der Waals surface area contributed by atoms with Gasteiger partial charge in [-0.1, -0.05) is 26.8 Å². The topological polar surface area (TPSA) is 190 Å². The van der Waals surface area contributed by atoms with E-state index >= 15 is 0 Å². The lowest BCUT2D eigenvalue weighted by Crippen LogP contribution is -2.30. The quantitative estimate of drug-likeness (QED) is 0.232. The predicted molar refractivity (Wildman–Crippen MR) is 162 cm³/mol. The number of carboxylic acid groups (broad SMARTS) is 2. The summed E-state index contributed by atoms with van der Waals surface area (Å²) in [7, 11) is 1.53. The van der Waals surface area contributed by atoms with E-state index in [0.717, 1.165) is 11.1 Å². The Balaban J connectivity index is 0.000000984. The number of halogens is 3. The van der Waals surface area contributed by atoms with Gasteiger partial charge in [0.1, 0.15) is 11.6 Å². The number of Topliss-reactive ketones (excluding diaryl/α,β-unsaturated/α-hetero) is 1. The van der Waals surface area contributed by atoms with Crippen molar-refractivity contribution in [1.82, 2.24) is 10.2 Å². The van der Waals surface area contributed by atoms with Gasteiger partial charge in [0.15, 0.2) is 5.78 Å². The Kier molecular flexibility index (Phi) is 13.0. The molecule has 1 amide bonds. The molecule has 1 atom stereocenters. The first kappa shape index (κ1) is 38.2. The molecule has 2 aromatic carbocycles. The van der Waals surface area contributed by atoms with Crippen LogP contribution in [0.1, 0.15) is 83.5 Å². The van der Waals surface area contributed by atoms with E-state index < -0.39 is 24.2 Å². The number of ketones is 1. The number of amidine groups is 1. The van der Waals surface area contributed by atoms with Crippen molar-refractivity contribution in [2.45, 2.75) is 71.4 Å². The fourth-order valence-electron chi connectivity index (χ4n) is 4.48. The number of carbonyl (C=O) groups excluding carboxylic acids is 2. The van der Waals surface area contributed by atoms with E-state index in [1.54, 1.807) is 23.1 Å². The predicted octanol–water partition coefficient (Wildman–Crippen LogP) is 4.67. The number of nitrogens with one attached hydrogen (secondary N) is 2. The van der Waals surface area contributed by atoms with E-state index in [4.69, 9.17) is 35.2 Å². The van der Waals surface area contributed by atoms with Gasteiger partial charge in [-0.15, -0.1) is 0 Å². The normalized spacial score (nSPS) is 13.1. The molecule has 254 valence electrons. The summed E-state index contributed by atoms with van der Waals surface area (Å²) in [6, 6.07) is 10.8. The molecule has 0 aromatic heterocycles. The maximum atomic E-state index is 13.5. The van der Waals surface area contributed by atoms with Crippen molar-refractivity contribution in [3.05, 3.63) is 63.7 Å². The van der Waals surface area contributed by atoms with E-state index in [9.17, 15) is 27.6 Å². The summed E-state index contributed by atoms with van der Waals surface area (Å²) in [6.45, 7) is 8.62. The number of carbonyl (C=O) groups is 4.